The van der Waals surface area contributed by atoms with Crippen molar-refractivity contribution in [2.75, 3.05) is 13.2 Å². The van der Waals surface area contributed by atoms with Crippen LogP contribution in [-0.2, 0) is 6.42 Å². The number of carboxylic acid groups (broad SMARTS) is 3. The number of benzene rings is 3. The Morgan fingerprint density at radius 2 is 0.819 bits per heavy atom. The van der Waals surface area contributed by atoms with Crippen molar-refractivity contribution in [3.8, 4) is 44.9 Å². The smallest absolute Gasteiger partial charge is 0.355 e. The molecule has 0 bridgehead atoms. The lowest BCUT2D eigenvalue weighted by Gasteiger charge is -2.10. The number of aromatic carboxylic acids is 3. The van der Waals surface area contributed by atoms with Crippen LogP contribution in [0.4, 0.5) is 39.5 Å². The van der Waals surface area contributed by atoms with Crippen LogP contribution in [0.3, 0.4) is 0 Å². The van der Waals surface area contributed by atoms with Crippen LogP contribution < -0.4 is 9.47 Å². The molecule has 20 heteroatoms. The molecule has 0 atom stereocenters. The second-order valence-corrected chi connectivity index (χ2v) is 16.5. The minimum atomic E-state index is -1.52. The first-order valence-electron chi connectivity index (χ1n) is 23.4. The van der Waals surface area contributed by atoms with Crippen LogP contribution in [0.25, 0.3) is 33.4 Å². The normalized spacial score (nSPS) is 10.9. The van der Waals surface area contributed by atoms with Gasteiger partial charge < -0.3 is 39.7 Å². The summed E-state index contributed by atoms with van der Waals surface area (Å²) in [6.45, 7) is 6.74. The molecule has 3 aromatic heterocycles. The second kappa shape index (κ2) is 28.1. The molecule has 0 amide bonds. The molecule has 6 rings (SSSR count). The SMILES string of the molecule is CCCCCCCc1cc(F)c(-c2c[nH]c(C(=O)O)c2F)cc1F.CCCCCCOc1cc(F)c(-c2c[nH]c(C(=O)O)c2F)cc1F.CCCCCCOc1ccc(-c2c[nH]c(C(=O)O)c2F)c(F)c1F. The highest BCUT2D eigenvalue weighted by Crippen LogP contribution is 2.35. The lowest BCUT2D eigenvalue weighted by Crippen LogP contribution is -2.02. The Labute approximate surface area is 409 Å². The molecule has 6 aromatic rings. The molecule has 6 N–H and O–H groups in total. The number of carboxylic acids is 3. The molecule has 0 spiro atoms. The first-order chi connectivity index (χ1) is 34.4. The second-order valence-electron chi connectivity index (χ2n) is 16.5. The van der Waals surface area contributed by atoms with Gasteiger partial charge in [-0.05, 0) is 61.6 Å². The van der Waals surface area contributed by atoms with E-state index in [-0.39, 0.29) is 63.7 Å². The molecule has 0 aliphatic rings. The van der Waals surface area contributed by atoms with E-state index in [1.54, 1.807) is 0 Å². The van der Waals surface area contributed by atoms with Crippen molar-refractivity contribution in [2.24, 2.45) is 0 Å². The van der Waals surface area contributed by atoms with Crippen LogP contribution in [-0.4, -0.2) is 61.4 Å². The summed E-state index contributed by atoms with van der Waals surface area (Å²) in [5.41, 5.74) is -3.85. The van der Waals surface area contributed by atoms with Gasteiger partial charge in [0.05, 0.1) is 13.2 Å². The zero-order chi connectivity index (χ0) is 53.1. The maximum absolute atomic E-state index is 14.2. The lowest BCUT2D eigenvalue weighted by molar-refractivity contribution is 0.0675. The van der Waals surface area contributed by atoms with Crippen molar-refractivity contribution < 1.29 is 78.7 Å². The zero-order valence-corrected chi connectivity index (χ0v) is 39.8. The maximum atomic E-state index is 14.2. The van der Waals surface area contributed by atoms with E-state index in [1.165, 1.54) is 6.07 Å². The predicted molar refractivity (Wildman–Crippen MR) is 251 cm³/mol. The van der Waals surface area contributed by atoms with E-state index in [0.717, 1.165) is 132 Å². The van der Waals surface area contributed by atoms with Crippen molar-refractivity contribution in [3.63, 3.8) is 0 Å². The number of H-pyrrole nitrogens is 3. The molecule has 0 unspecified atom stereocenters. The number of aromatic nitrogens is 3. The highest BCUT2D eigenvalue weighted by atomic mass is 19.2. The predicted octanol–water partition coefficient (Wildman–Crippen LogP) is 14.8. The zero-order valence-electron chi connectivity index (χ0n) is 39.8. The van der Waals surface area contributed by atoms with Gasteiger partial charge in [0.15, 0.2) is 57.7 Å². The molecular weight excluding hydrogens is 966 g/mol. The monoisotopic (exact) mass is 1020 g/mol. The van der Waals surface area contributed by atoms with E-state index in [0.29, 0.717) is 6.42 Å². The maximum Gasteiger partial charge on any atom is 0.355 e. The van der Waals surface area contributed by atoms with Gasteiger partial charge in [0.2, 0.25) is 5.82 Å². The number of nitrogens with one attached hydrogen (secondary N) is 3. The fourth-order valence-electron chi connectivity index (χ4n) is 7.30. The van der Waals surface area contributed by atoms with Crippen molar-refractivity contribution in [3.05, 3.63) is 130 Å². The van der Waals surface area contributed by atoms with Crippen LogP contribution in [0.1, 0.15) is 141 Å². The summed E-state index contributed by atoms with van der Waals surface area (Å²) in [5, 5.41) is 26.4. The minimum absolute atomic E-state index is 0.248. The number of aromatic amines is 3. The molecule has 72 heavy (non-hydrogen) atoms. The van der Waals surface area contributed by atoms with Gasteiger partial charge in [-0.2, -0.15) is 4.39 Å². The summed E-state index contributed by atoms with van der Waals surface area (Å²) < 4.78 is 137. The Bertz CT molecular complexity index is 2550. The summed E-state index contributed by atoms with van der Waals surface area (Å²) in [5.74, 6) is -14.0. The van der Waals surface area contributed by atoms with Crippen LogP contribution in [0, 0.1) is 52.4 Å². The number of rotatable bonds is 24. The van der Waals surface area contributed by atoms with E-state index in [1.807, 2.05) is 0 Å². The number of ether oxygens (including phenoxy) is 2. The molecule has 3 heterocycles. The highest BCUT2D eigenvalue weighted by molar-refractivity contribution is 5.89. The topological polar surface area (TPSA) is 178 Å². The van der Waals surface area contributed by atoms with Crippen LogP contribution in [0.15, 0.2) is 55.0 Å². The van der Waals surface area contributed by atoms with E-state index >= 15 is 0 Å². The van der Waals surface area contributed by atoms with Gasteiger partial charge in [-0.25, -0.2) is 49.5 Å². The number of halogens is 9. The van der Waals surface area contributed by atoms with Gasteiger partial charge in [0.1, 0.15) is 17.5 Å². The highest BCUT2D eigenvalue weighted by Gasteiger charge is 2.25. The van der Waals surface area contributed by atoms with Gasteiger partial charge in [0.25, 0.3) is 0 Å². The number of carbonyl (C=O) groups is 3. The molecule has 0 aliphatic heterocycles. The van der Waals surface area contributed by atoms with Gasteiger partial charge in [-0.15, -0.1) is 0 Å². The molecule has 0 saturated heterocycles. The number of hydrogen-bond donors (Lipinski definition) is 6. The number of hydrogen-bond acceptors (Lipinski definition) is 5. The van der Waals surface area contributed by atoms with Crippen molar-refractivity contribution in [2.45, 2.75) is 111 Å². The lowest BCUT2D eigenvalue weighted by atomic mass is 10.0. The van der Waals surface area contributed by atoms with E-state index in [9.17, 15) is 53.9 Å². The Kier molecular flexibility index (Phi) is 22.4. The van der Waals surface area contributed by atoms with Crippen molar-refractivity contribution in [1.29, 1.82) is 0 Å². The summed E-state index contributed by atoms with van der Waals surface area (Å²) in [6.07, 6.45) is 15.9. The van der Waals surface area contributed by atoms with Gasteiger partial charge in [-0.3, -0.25) is 0 Å². The van der Waals surface area contributed by atoms with Crippen LogP contribution >= 0.6 is 0 Å². The Hall–Kier alpha value is -7.12. The van der Waals surface area contributed by atoms with Crippen molar-refractivity contribution >= 4 is 17.9 Å². The van der Waals surface area contributed by atoms with Crippen molar-refractivity contribution in [1.82, 2.24) is 15.0 Å². The summed E-state index contributed by atoms with van der Waals surface area (Å²) in [4.78, 5) is 39.0. The van der Waals surface area contributed by atoms with E-state index < -0.39 is 87.3 Å². The average Bonchev–Trinajstić information content (AvgIpc) is 4.05. The molecule has 11 nitrogen and oxygen atoms in total. The summed E-state index contributed by atoms with van der Waals surface area (Å²) >= 11 is 0. The standard InChI is InChI=1S/C18H20F3NO2.2C17H18F3NO3/c1-2-3-4-5-6-7-11-8-15(20)12(9-14(11)19)13-10-22-17(16(13)21)18(23)24;1-2-3-4-5-8-24-12-7-6-10(13(18)15(12)20)11-9-21-16(14(11)19)17(22)23;1-2-3-4-5-6-24-14-8-12(18)10(7-13(14)19)11-9-21-16(15(11)20)17(22)23/h8-10,22H,2-7H2,1H3,(H,23,24);6-7,9,21H,2-5,8H2,1H3,(H,22,23);7-9,21H,2-6H2,1H3,(H,22,23). The fourth-order valence-corrected chi connectivity index (χ4v) is 7.30. The Morgan fingerprint density at radius 3 is 1.26 bits per heavy atom. The first kappa shape index (κ1) is 57.5. The third-order valence-corrected chi connectivity index (χ3v) is 11.2. The Balaban J connectivity index is 0.000000234. The molecule has 0 saturated carbocycles. The number of unbranched alkanes of at least 4 members (excludes halogenated alkanes) is 10. The third kappa shape index (κ3) is 15.2. The van der Waals surface area contributed by atoms with E-state index in [4.69, 9.17) is 24.8 Å². The largest absolute Gasteiger partial charge is 0.490 e. The van der Waals surface area contributed by atoms with Crippen LogP contribution in [0.2, 0.25) is 0 Å². The Morgan fingerprint density at radius 1 is 0.417 bits per heavy atom. The molecule has 0 radical (unpaired) electrons. The van der Waals surface area contributed by atoms with E-state index in [2.05, 4.69) is 35.7 Å². The number of aryl methyl sites for hydroxylation is 1. The summed E-state index contributed by atoms with van der Waals surface area (Å²) in [7, 11) is 0. The van der Waals surface area contributed by atoms with Gasteiger partial charge >= 0.3 is 17.9 Å². The van der Waals surface area contributed by atoms with Gasteiger partial charge in [0, 0.05) is 58.0 Å². The fraction of sp³-hybridized carbons (Fsp3) is 0.365. The minimum Gasteiger partial charge on any atom is -0.490 e. The molecule has 0 fully saturated rings. The molecule has 0 aliphatic carbocycles. The average molecular weight is 1020 g/mol. The molecule has 390 valence electrons. The third-order valence-electron chi connectivity index (χ3n) is 11.2. The molecular formula is C52H56F9N3O8. The van der Waals surface area contributed by atoms with Crippen LogP contribution in [0.5, 0.6) is 11.5 Å². The first-order valence-corrected chi connectivity index (χ1v) is 23.4. The van der Waals surface area contributed by atoms with Gasteiger partial charge in [-0.1, -0.05) is 85.0 Å². The summed E-state index contributed by atoms with van der Waals surface area (Å²) in [6, 6.07) is 6.01. The quantitative estimate of drug-likeness (QED) is 0.0256. The molecule has 3 aromatic carbocycles.